The molecule has 1 N–H and O–H groups in total. The molecule has 0 fully saturated rings. The van der Waals surface area contributed by atoms with Crippen LogP contribution in [0.4, 0.5) is 5.82 Å². The highest BCUT2D eigenvalue weighted by atomic mass is 16.3. The van der Waals surface area contributed by atoms with Crippen molar-refractivity contribution in [2.24, 2.45) is 0 Å². The van der Waals surface area contributed by atoms with Crippen LogP contribution in [0.1, 0.15) is 19.5 Å². The second-order valence-corrected chi connectivity index (χ2v) is 3.99. The Bertz CT molecular complexity index is 312. The number of aromatic nitrogens is 2. The number of aliphatic hydroxyl groups is 1. The molecule has 0 saturated carbocycles. The van der Waals surface area contributed by atoms with Gasteiger partial charge in [-0.3, -0.25) is 4.98 Å². The maximum atomic E-state index is 9.23. The molecule has 1 rings (SSSR count). The van der Waals surface area contributed by atoms with Gasteiger partial charge < -0.3 is 10.0 Å². The molecule has 0 unspecified atom stereocenters. The molecule has 0 saturated heterocycles. The topological polar surface area (TPSA) is 49.2 Å². The average molecular weight is 195 g/mol. The van der Waals surface area contributed by atoms with Crippen LogP contribution in [0.15, 0.2) is 12.4 Å². The van der Waals surface area contributed by atoms with Crippen molar-refractivity contribution in [2.45, 2.75) is 26.3 Å². The number of hydrogen-bond acceptors (Lipinski definition) is 4. The molecule has 0 bridgehead atoms. The normalized spacial score (nSPS) is 11.5. The highest BCUT2D eigenvalue weighted by Gasteiger charge is 2.24. The monoisotopic (exact) mass is 195 g/mol. The van der Waals surface area contributed by atoms with Gasteiger partial charge in [0.05, 0.1) is 17.8 Å². The van der Waals surface area contributed by atoms with E-state index in [-0.39, 0.29) is 12.1 Å². The van der Waals surface area contributed by atoms with E-state index in [0.717, 1.165) is 11.5 Å². The lowest BCUT2D eigenvalue weighted by Crippen LogP contribution is -2.45. The molecule has 0 amide bonds. The van der Waals surface area contributed by atoms with Gasteiger partial charge in [-0.1, -0.05) is 0 Å². The van der Waals surface area contributed by atoms with Crippen molar-refractivity contribution in [1.29, 1.82) is 0 Å². The van der Waals surface area contributed by atoms with E-state index in [1.807, 2.05) is 32.7 Å². The summed E-state index contributed by atoms with van der Waals surface area (Å²) in [6.45, 7) is 5.91. The standard InChI is InChI=1S/C10H17N3O/c1-8-9(12-6-5-11-8)13(4)10(2,3)7-14/h5-6,14H,7H2,1-4H3. The molecule has 0 aliphatic heterocycles. The summed E-state index contributed by atoms with van der Waals surface area (Å²) in [5.41, 5.74) is 0.553. The van der Waals surface area contributed by atoms with Crippen molar-refractivity contribution in [1.82, 2.24) is 9.97 Å². The van der Waals surface area contributed by atoms with Crippen LogP contribution < -0.4 is 4.90 Å². The first-order chi connectivity index (χ1) is 6.49. The molecule has 78 valence electrons. The Hall–Kier alpha value is -1.16. The third-order valence-corrected chi connectivity index (χ3v) is 2.47. The Morgan fingerprint density at radius 3 is 2.43 bits per heavy atom. The van der Waals surface area contributed by atoms with Gasteiger partial charge in [0.1, 0.15) is 5.82 Å². The molecule has 0 radical (unpaired) electrons. The fourth-order valence-corrected chi connectivity index (χ4v) is 1.12. The lowest BCUT2D eigenvalue weighted by atomic mass is 10.1. The minimum Gasteiger partial charge on any atom is -0.394 e. The molecular weight excluding hydrogens is 178 g/mol. The van der Waals surface area contributed by atoms with Crippen LogP contribution in [0.2, 0.25) is 0 Å². The van der Waals surface area contributed by atoms with E-state index in [9.17, 15) is 5.11 Å². The van der Waals surface area contributed by atoms with Crippen LogP contribution in [-0.2, 0) is 0 Å². The van der Waals surface area contributed by atoms with Gasteiger partial charge in [0.25, 0.3) is 0 Å². The minimum atomic E-state index is -0.319. The first-order valence-corrected chi connectivity index (χ1v) is 4.61. The Morgan fingerprint density at radius 1 is 1.36 bits per heavy atom. The van der Waals surface area contributed by atoms with Gasteiger partial charge in [0.15, 0.2) is 0 Å². The fourth-order valence-electron chi connectivity index (χ4n) is 1.12. The maximum Gasteiger partial charge on any atom is 0.150 e. The minimum absolute atomic E-state index is 0.0829. The summed E-state index contributed by atoms with van der Waals surface area (Å²) < 4.78 is 0. The van der Waals surface area contributed by atoms with Gasteiger partial charge in [-0.05, 0) is 20.8 Å². The Morgan fingerprint density at radius 2 is 1.93 bits per heavy atom. The average Bonchev–Trinajstić information content (AvgIpc) is 2.17. The maximum absolute atomic E-state index is 9.23. The van der Waals surface area contributed by atoms with Crippen LogP contribution >= 0.6 is 0 Å². The number of rotatable bonds is 3. The highest BCUT2D eigenvalue weighted by Crippen LogP contribution is 2.21. The molecule has 1 heterocycles. The zero-order chi connectivity index (χ0) is 10.8. The Kier molecular flexibility index (Phi) is 3.06. The second-order valence-electron chi connectivity index (χ2n) is 3.99. The summed E-state index contributed by atoms with van der Waals surface area (Å²) in [5.74, 6) is 0.812. The van der Waals surface area contributed by atoms with Gasteiger partial charge in [-0.25, -0.2) is 4.98 Å². The van der Waals surface area contributed by atoms with Crippen LogP contribution in [0.25, 0.3) is 0 Å². The molecule has 0 aliphatic carbocycles. The Balaban J connectivity index is 3.00. The fraction of sp³-hybridized carbons (Fsp3) is 0.600. The molecule has 4 heteroatoms. The van der Waals surface area contributed by atoms with Crippen molar-refractivity contribution < 1.29 is 5.11 Å². The first kappa shape index (κ1) is 10.9. The number of aliphatic hydroxyl groups excluding tert-OH is 1. The number of likely N-dealkylation sites (N-methyl/N-ethyl adjacent to an activating group) is 1. The SMILES string of the molecule is Cc1nccnc1N(C)C(C)(C)CO. The zero-order valence-electron chi connectivity index (χ0n) is 9.15. The third kappa shape index (κ3) is 2.01. The van der Waals surface area contributed by atoms with E-state index in [4.69, 9.17) is 0 Å². The lowest BCUT2D eigenvalue weighted by molar-refractivity contribution is 0.215. The molecule has 1 aromatic rings. The van der Waals surface area contributed by atoms with E-state index < -0.39 is 0 Å². The third-order valence-electron chi connectivity index (χ3n) is 2.47. The van der Waals surface area contributed by atoms with Crippen LogP contribution in [-0.4, -0.2) is 34.3 Å². The quantitative estimate of drug-likeness (QED) is 0.781. The molecule has 0 spiro atoms. The lowest BCUT2D eigenvalue weighted by Gasteiger charge is -2.35. The summed E-state index contributed by atoms with van der Waals surface area (Å²) >= 11 is 0. The zero-order valence-corrected chi connectivity index (χ0v) is 9.15. The number of hydrogen-bond donors (Lipinski definition) is 1. The van der Waals surface area contributed by atoms with Crippen molar-refractivity contribution >= 4 is 5.82 Å². The number of anilines is 1. The molecule has 14 heavy (non-hydrogen) atoms. The van der Waals surface area contributed by atoms with Gasteiger partial charge in [-0.2, -0.15) is 0 Å². The Labute approximate surface area is 84.6 Å². The summed E-state index contributed by atoms with van der Waals surface area (Å²) in [5, 5.41) is 9.23. The molecule has 0 atom stereocenters. The smallest absolute Gasteiger partial charge is 0.150 e. The van der Waals surface area contributed by atoms with Gasteiger partial charge >= 0.3 is 0 Å². The van der Waals surface area contributed by atoms with E-state index in [1.165, 1.54) is 0 Å². The summed E-state index contributed by atoms with van der Waals surface area (Å²) in [6, 6.07) is 0. The summed E-state index contributed by atoms with van der Waals surface area (Å²) in [7, 11) is 1.91. The number of nitrogens with zero attached hydrogens (tertiary/aromatic N) is 3. The highest BCUT2D eigenvalue weighted by molar-refractivity contribution is 5.43. The van der Waals surface area contributed by atoms with Crippen LogP contribution in [0.3, 0.4) is 0 Å². The largest absolute Gasteiger partial charge is 0.394 e. The van der Waals surface area contributed by atoms with E-state index in [2.05, 4.69) is 9.97 Å². The van der Waals surface area contributed by atoms with Crippen LogP contribution in [0, 0.1) is 6.92 Å². The van der Waals surface area contributed by atoms with E-state index in [0.29, 0.717) is 0 Å². The van der Waals surface area contributed by atoms with Crippen molar-refractivity contribution in [3.05, 3.63) is 18.1 Å². The predicted octanol–water partition coefficient (Wildman–Crippen LogP) is 0.992. The van der Waals surface area contributed by atoms with E-state index >= 15 is 0 Å². The number of aryl methyl sites for hydroxylation is 1. The predicted molar refractivity (Wildman–Crippen MR) is 56.3 cm³/mol. The molecule has 4 nitrogen and oxygen atoms in total. The van der Waals surface area contributed by atoms with Gasteiger partial charge in [0, 0.05) is 19.4 Å². The van der Waals surface area contributed by atoms with Crippen molar-refractivity contribution in [2.75, 3.05) is 18.6 Å². The molecule has 1 aromatic heterocycles. The second kappa shape index (κ2) is 3.92. The van der Waals surface area contributed by atoms with Crippen molar-refractivity contribution in [3.8, 4) is 0 Å². The van der Waals surface area contributed by atoms with Crippen LogP contribution in [0.5, 0.6) is 0 Å². The molecular formula is C10H17N3O. The molecule has 0 aromatic carbocycles. The first-order valence-electron chi connectivity index (χ1n) is 4.61. The van der Waals surface area contributed by atoms with Gasteiger partial charge in [-0.15, -0.1) is 0 Å². The van der Waals surface area contributed by atoms with Gasteiger partial charge in [0.2, 0.25) is 0 Å². The summed E-state index contributed by atoms with van der Waals surface area (Å²) in [6.07, 6.45) is 3.32. The molecule has 0 aliphatic rings. The van der Waals surface area contributed by atoms with Crippen molar-refractivity contribution in [3.63, 3.8) is 0 Å². The summed E-state index contributed by atoms with van der Waals surface area (Å²) in [4.78, 5) is 10.3. The van der Waals surface area contributed by atoms with E-state index in [1.54, 1.807) is 12.4 Å².